The molecule has 4 rings (SSSR count). The highest BCUT2D eigenvalue weighted by molar-refractivity contribution is 5.99. The largest absolute Gasteiger partial charge is 0.573 e. The number of hydrogen-bond donors (Lipinski definition) is 3. The van der Waals surface area contributed by atoms with E-state index in [1.54, 1.807) is 12.1 Å². The fraction of sp³-hybridized carbons (Fsp3) is 0.278. The van der Waals surface area contributed by atoms with Crippen molar-refractivity contribution in [1.82, 2.24) is 16.4 Å². The Kier molecular flexibility index (Phi) is 4.69. The van der Waals surface area contributed by atoms with Crippen molar-refractivity contribution in [3.8, 4) is 5.75 Å². The first-order chi connectivity index (χ1) is 13.3. The monoisotopic (exact) mass is 396 g/mol. The van der Waals surface area contributed by atoms with Crippen molar-refractivity contribution in [1.29, 1.82) is 0 Å². The molecule has 2 heterocycles. The highest BCUT2D eigenvalue weighted by Gasteiger charge is 2.46. The Balaban J connectivity index is 1.61. The Morgan fingerprint density at radius 3 is 2.32 bits per heavy atom. The summed E-state index contributed by atoms with van der Waals surface area (Å²) in [7, 11) is 0. The summed E-state index contributed by atoms with van der Waals surface area (Å²) in [4.78, 5) is 14.4. The summed E-state index contributed by atoms with van der Waals surface area (Å²) < 4.78 is 54.2. The molecule has 2 aromatic carbocycles. The third-order valence-electron chi connectivity index (χ3n) is 4.85. The Labute approximate surface area is 157 Å². The molecule has 0 aliphatic carbocycles. The highest BCUT2D eigenvalue weighted by atomic mass is 19.4. The Bertz CT molecular complexity index is 857. The van der Waals surface area contributed by atoms with Crippen LogP contribution in [-0.4, -0.2) is 30.9 Å². The van der Waals surface area contributed by atoms with Crippen LogP contribution in [0.5, 0.6) is 5.75 Å². The van der Waals surface area contributed by atoms with Crippen LogP contribution in [0.1, 0.15) is 11.5 Å². The Morgan fingerprint density at radius 1 is 1.00 bits per heavy atom. The molecule has 0 saturated carbocycles. The third-order valence-corrected chi connectivity index (χ3v) is 4.85. The first kappa shape index (κ1) is 18.7. The zero-order valence-electron chi connectivity index (χ0n) is 14.3. The molecule has 2 aliphatic rings. The maximum atomic E-state index is 13.3. The maximum Gasteiger partial charge on any atom is 0.573 e. The van der Waals surface area contributed by atoms with Crippen LogP contribution < -0.4 is 26.0 Å². The summed E-state index contributed by atoms with van der Waals surface area (Å²) >= 11 is 0. The summed E-state index contributed by atoms with van der Waals surface area (Å²) in [5.41, 5.74) is 9.90. The summed E-state index contributed by atoms with van der Waals surface area (Å²) in [5, 5.41) is 0. The topological polar surface area (TPSA) is 65.6 Å². The van der Waals surface area contributed by atoms with E-state index >= 15 is 0 Å². The van der Waals surface area contributed by atoms with Crippen LogP contribution in [0.4, 0.5) is 23.2 Å². The van der Waals surface area contributed by atoms with Crippen molar-refractivity contribution >= 4 is 11.6 Å². The molecule has 3 N–H and O–H groups in total. The van der Waals surface area contributed by atoms with Crippen molar-refractivity contribution in [2.75, 3.05) is 11.4 Å². The lowest BCUT2D eigenvalue weighted by Gasteiger charge is -2.39. The Hall–Kier alpha value is -2.69. The molecule has 0 aromatic heterocycles. The molecular formula is C18H16F4N4O2. The molecule has 6 nitrogen and oxygen atoms in total. The second kappa shape index (κ2) is 7.04. The SMILES string of the molecule is O=C1C2NNNC2C(c2ccc(F)cc2)CN1c1ccc(OC(F)(F)F)cc1. The molecule has 0 bridgehead atoms. The van der Waals surface area contributed by atoms with Gasteiger partial charge in [-0.05, 0) is 42.0 Å². The van der Waals surface area contributed by atoms with Gasteiger partial charge in [0.15, 0.2) is 0 Å². The van der Waals surface area contributed by atoms with Gasteiger partial charge in [-0.25, -0.2) is 15.2 Å². The van der Waals surface area contributed by atoms with Gasteiger partial charge in [0.25, 0.3) is 0 Å². The smallest absolute Gasteiger partial charge is 0.406 e. The predicted molar refractivity (Wildman–Crippen MR) is 91.6 cm³/mol. The number of rotatable bonds is 3. The number of hydrogen-bond acceptors (Lipinski definition) is 5. The van der Waals surface area contributed by atoms with Crippen molar-refractivity contribution in [2.24, 2.45) is 0 Å². The molecule has 2 saturated heterocycles. The van der Waals surface area contributed by atoms with Gasteiger partial charge in [0, 0.05) is 18.2 Å². The van der Waals surface area contributed by atoms with Gasteiger partial charge in [-0.15, -0.1) is 13.2 Å². The standard InChI is InChI=1S/C18H16F4N4O2/c19-11-3-1-10(2-4-11)14-9-26(17(27)16-15(14)23-25-24-16)12-5-7-13(8-6-12)28-18(20,21)22/h1-8,14-16,23-25H,9H2. The molecule has 2 aliphatic heterocycles. The number of fused-ring (bicyclic) bond motifs is 1. The van der Waals surface area contributed by atoms with Gasteiger partial charge in [0.1, 0.15) is 17.6 Å². The number of amides is 1. The van der Waals surface area contributed by atoms with Crippen LogP contribution in [0, 0.1) is 5.82 Å². The summed E-state index contributed by atoms with van der Waals surface area (Å²) in [6, 6.07) is 10.3. The fourth-order valence-corrected chi connectivity index (χ4v) is 3.58. The van der Waals surface area contributed by atoms with Gasteiger partial charge in [-0.1, -0.05) is 12.1 Å². The van der Waals surface area contributed by atoms with Crippen LogP contribution in [0.25, 0.3) is 0 Å². The van der Waals surface area contributed by atoms with Crippen molar-refractivity contribution in [3.05, 3.63) is 59.9 Å². The van der Waals surface area contributed by atoms with E-state index in [9.17, 15) is 22.4 Å². The average Bonchev–Trinajstić information content (AvgIpc) is 3.13. The van der Waals surface area contributed by atoms with E-state index in [1.165, 1.54) is 29.2 Å². The predicted octanol–water partition coefficient (Wildman–Crippen LogP) is 2.20. The van der Waals surface area contributed by atoms with Crippen LogP contribution in [-0.2, 0) is 4.79 Å². The number of ether oxygens (including phenoxy) is 1. The van der Waals surface area contributed by atoms with Gasteiger partial charge in [-0.2, -0.15) is 5.53 Å². The van der Waals surface area contributed by atoms with Gasteiger partial charge in [0.05, 0.1) is 6.04 Å². The first-order valence-electron chi connectivity index (χ1n) is 8.50. The maximum absolute atomic E-state index is 13.3. The van der Waals surface area contributed by atoms with E-state index in [2.05, 4.69) is 21.1 Å². The fourth-order valence-electron chi connectivity index (χ4n) is 3.58. The lowest BCUT2D eigenvalue weighted by atomic mass is 9.83. The molecule has 2 aromatic rings. The molecule has 0 spiro atoms. The van der Waals surface area contributed by atoms with Crippen LogP contribution in [0.15, 0.2) is 48.5 Å². The summed E-state index contributed by atoms with van der Waals surface area (Å²) in [5.74, 6) is -1.13. The van der Waals surface area contributed by atoms with E-state index in [1.807, 2.05) is 0 Å². The summed E-state index contributed by atoms with van der Waals surface area (Å²) in [6.45, 7) is 0.279. The lowest BCUT2D eigenvalue weighted by molar-refractivity contribution is -0.274. The normalized spacial score (nSPS) is 24.9. The number of anilines is 1. The minimum Gasteiger partial charge on any atom is -0.406 e. The van der Waals surface area contributed by atoms with E-state index in [-0.39, 0.29) is 36.0 Å². The second-order valence-electron chi connectivity index (χ2n) is 6.57. The van der Waals surface area contributed by atoms with Gasteiger partial charge < -0.3 is 9.64 Å². The van der Waals surface area contributed by atoms with Crippen LogP contribution in [0.3, 0.4) is 0 Å². The number of piperidine rings is 1. The first-order valence-corrected chi connectivity index (χ1v) is 8.50. The van der Waals surface area contributed by atoms with Crippen LogP contribution in [0.2, 0.25) is 0 Å². The number of nitrogens with one attached hydrogen (secondary N) is 3. The molecule has 3 atom stereocenters. The van der Waals surface area contributed by atoms with E-state index in [0.717, 1.165) is 17.7 Å². The van der Waals surface area contributed by atoms with Crippen molar-refractivity contribution in [3.63, 3.8) is 0 Å². The van der Waals surface area contributed by atoms with Crippen molar-refractivity contribution in [2.45, 2.75) is 24.4 Å². The molecule has 0 radical (unpaired) electrons. The summed E-state index contributed by atoms with van der Waals surface area (Å²) in [6.07, 6.45) is -4.78. The lowest BCUT2D eigenvalue weighted by Crippen LogP contribution is -2.58. The highest BCUT2D eigenvalue weighted by Crippen LogP contribution is 2.33. The number of carbonyl (C=O) groups excluding carboxylic acids is 1. The minimum atomic E-state index is -4.78. The molecule has 3 unspecified atom stereocenters. The zero-order chi connectivity index (χ0) is 19.9. The van der Waals surface area contributed by atoms with E-state index in [0.29, 0.717) is 5.69 Å². The van der Waals surface area contributed by atoms with Gasteiger partial charge >= 0.3 is 6.36 Å². The molecule has 10 heteroatoms. The number of nitrogens with zero attached hydrogens (tertiary/aromatic N) is 1. The van der Waals surface area contributed by atoms with Gasteiger partial charge in [-0.3, -0.25) is 4.79 Å². The number of benzene rings is 2. The number of carbonyl (C=O) groups is 1. The van der Waals surface area contributed by atoms with Crippen LogP contribution >= 0.6 is 0 Å². The van der Waals surface area contributed by atoms with Gasteiger partial charge in [0.2, 0.25) is 5.91 Å². The molecule has 1 amide bonds. The van der Waals surface area contributed by atoms with E-state index in [4.69, 9.17) is 0 Å². The molecule has 28 heavy (non-hydrogen) atoms. The van der Waals surface area contributed by atoms with Crippen molar-refractivity contribution < 1.29 is 27.1 Å². The molecule has 2 fully saturated rings. The second-order valence-corrected chi connectivity index (χ2v) is 6.57. The zero-order valence-corrected chi connectivity index (χ0v) is 14.3. The minimum absolute atomic E-state index is 0.170. The third kappa shape index (κ3) is 3.66. The Morgan fingerprint density at radius 2 is 1.68 bits per heavy atom. The number of alkyl halides is 3. The number of halogens is 4. The van der Waals surface area contributed by atoms with E-state index < -0.39 is 12.4 Å². The average molecular weight is 396 g/mol. The number of hydrazine groups is 2. The quantitative estimate of drug-likeness (QED) is 0.695. The molecule has 148 valence electrons. The molecular weight excluding hydrogens is 380 g/mol.